The molecule has 2 aliphatic rings. The van der Waals surface area contributed by atoms with Crippen molar-refractivity contribution < 1.29 is 46.5 Å². The van der Waals surface area contributed by atoms with E-state index in [1.54, 1.807) is 33.4 Å². The van der Waals surface area contributed by atoms with Crippen molar-refractivity contribution in [1.82, 2.24) is 39.0 Å². The van der Waals surface area contributed by atoms with Crippen molar-refractivity contribution in [2.24, 2.45) is 0 Å². The monoisotopic (exact) mass is 684 g/mol. The van der Waals surface area contributed by atoms with Crippen molar-refractivity contribution in [2.45, 2.75) is 37.1 Å². The molecule has 0 fully saturated rings. The molecule has 4 aromatic rings. The third-order valence-electron chi connectivity index (χ3n) is 6.90. The molecule has 4 aromatic heterocycles. The molecule has 2 aliphatic carbocycles. The fourth-order valence-electron chi connectivity index (χ4n) is 4.94. The van der Waals surface area contributed by atoms with E-state index in [9.17, 15) is 28.4 Å². The molecule has 0 aliphatic heterocycles. The number of hydrogen-bond donors (Lipinski definition) is 5. The van der Waals surface area contributed by atoms with Crippen LogP contribution in [0.15, 0.2) is 49.6 Å². The summed E-state index contributed by atoms with van der Waals surface area (Å²) in [5.74, 6) is 0.430. The molecule has 2 unspecified atom stereocenters. The standard InChI is InChI=1S/C22H27N10O10P3/c23-19-17-21(27-7-25-19)31(9-29-17)13-1-3-15(5-13)39-11-43(33,34)41-45(37,38)42-44(35,36)12-40-16-4-2-14(6-16)32-10-30-18-20(24)26-8-28-22(18)32/h1-4,7-10,13-16H,5-6,11-12H2,(H,33,34)(H,35,36)(H,37,38)(H2,23,25,27)(H2,24,26,28)/t13-,14-,15+,16+/m0/s1. The molecule has 7 N–H and O–H groups in total. The Balaban J connectivity index is 0.974. The van der Waals surface area contributed by atoms with Gasteiger partial charge in [-0.1, -0.05) is 24.3 Å². The van der Waals surface area contributed by atoms with Gasteiger partial charge in [-0.15, -0.1) is 0 Å². The zero-order chi connectivity index (χ0) is 32.0. The predicted octanol–water partition coefficient (Wildman–Crippen LogP) is 2.02. The molecule has 23 heteroatoms. The molecular formula is C22H27N10O10P3. The third kappa shape index (κ3) is 7.05. The third-order valence-corrected chi connectivity index (χ3v) is 11.5. The van der Waals surface area contributed by atoms with E-state index >= 15 is 0 Å². The number of nitrogens with zero attached hydrogens (tertiary/aromatic N) is 8. The number of nitrogens with two attached hydrogens (primary N) is 2. The lowest BCUT2D eigenvalue weighted by Crippen LogP contribution is -2.14. The molecule has 240 valence electrons. The summed E-state index contributed by atoms with van der Waals surface area (Å²) in [5, 5.41) is 0. The van der Waals surface area contributed by atoms with Gasteiger partial charge in [-0.25, -0.2) is 43.1 Å². The number of fused-ring (bicyclic) bond motifs is 2. The number of rotatable bonds is 12. The number of anilines is 2. The number of aromatic nitrogens is 8. The van der Waals surface area contributed by atoms with E-state index in [-0.39, 0.29) is 23.7 Å². The molecule has 20 nitrogen and oxygen atoms in total. The summed E-state index contributed by atoms with van der Waals surface area (Å²) in [4.78, 5) is 54.8. The molecule has 0 spiro atoms. The Labute approximate surface area is 253 Å². The number of phosphoric acid groups is 1. The summed E-state index contributed by atoms with van der Waals surface area (Å²) >= 11 is 0. The van der Waals surface area contributed by atoms with Crippen LogP contribution in [-0.2, 0) is 31.8 Å². The second-order valence-electron chi connectivity index (χ2n) is 10.1. The van der Waals surface area contributed by atoms with Crippen molar-refractivity contribution in [3.63, 3.8) is 0 Å². The van der Waals surface area contributed by atoms with E-state index in [0.29, 0.717) is 35.2 Å². The first kappa shape index (κ1) is 31.6. The Morgan fingerprint density at radius 1 is 0.689 bits per heavy atom. The lowest BCUT2D eigenvalue weighted by molar-refractivity contribution is 0.0974. The fraction of sp³-hybridized carbons (Fsp3) is 0.364. The van der Waals surface area contributed by atoms with Gasteiger partial charge in [0.05, 0.1) is 36.9 Å². The van der Waals surface area contributed by atoms with Crippen molar-refractivity contribution in [2.75, 3.05) is 24.2 Å². The van der Waals surface area contributed by atoms with Crippen LogP contribution in [0.3, 0.4) is 0 Å². The van der Waals surface area contributed by atoms with Gasteiger partial charge in [-0.05, 0) is 0 Å². The maximum Gasteiger partial charge on any atom is 0.486 e. The van der Waals surface area contributed by atoms with Gasteiger partial charge in [-0.2, -0.15) is 0 Å². The molecule has 0 aromatic carbocycles. The van der Waals surface area contributed by atoms with Gasteiger partial charge >= 0.3 is 23.0 Å². The molecular weight excluding hydrogens is 657 g/mol. The summed E-state index contributed by atoms with van der Waals surface area (Å²) in [6.07, 6.45) is 9.65. The average molecular weight is 684 g/mol. The second-order valence-corrected chi connectivity index (χ2v) is 15.4. The van der Waals surface area contributed by atoms with Gasteiger partial charge in [0, 0.05) is 12.8 Å². The summed E-state index contributed by atoms with van der Waals surface area (Å²) in [6, 6.07) is -0.559. The molecule has 6 atom stereocenters. The summed E-state index contributed by atoms with van der Waals surface area (Å²) in [5.41, 5.74) is 13.4. The van der Waals surface area contributed by atoms with Crippen LogP contribution in [-0.4, -0.2) is 78.6 Å². The molecule has 0 radical (unpaired) electrons. The molecule has 6 rings (SSSR count). The normalized spacial score (nSPS) is 25.5. The first-order valence-electron chi connectivity index (χ1n) is 13.1. The summed E-state index contributed by atoms with van der Waals surface area (Å²) in [7, 11) is -15.4. The molecule has 45 heavy (non-hydrogen) atoms. The highest BCUT2D eigenvalue weighted by Crippen LogP contribution is 2.67. The SMILES string of the molecule is Nc1ncnc2c1ncn2[C@H]1C=C[C@@H](OCP(=O)(O)OP(=O)(O)OP(=O)(O)CO[C@@H]2C=C[C@H](n3cnc4c(N)ncnc43)C2)C1. The van der Waals surface area contributed by atoms with E-state index < -0.39 is 47.9 Å². The minimum Gasteiger partial charge on any atom is -0.382 e. The van der Waals surface area contributed by atoms with Gasteiger partial charge in [0.2, 0.25) is 0 Å². The van der Waals surface area contributed by atoms with E-state index in [2.05, 4.69) is 38.5 Å². The van der Waals surface area contributed by atoms with Gasteiger partial charge in [-0.3, -0.25) is 9.13 Å². The highest BCUT2D eigenvalue weighted by atomic mass is 31.3. The van der Waals surface area contributed by atoms with Gasteiger partial charge in [0.1, 0.15) is 36.4 Å². The minimum atomic E-state index is -5.52. The quantitative estimate of drug-likeness (QED) is 0.105. The van der Waals surface area contributed by atoms with Gasteiger partial charge < -0.3 is 44.8 Å². The van der Waals surface area contributed by atoms with E-state index in [4.69, 9.17) is 20.9 Å². The molecule has 0 saturated carbocycles. The second kappa shape index (κ2) is 12.1. The maximum atomic E-state index is 12.5. The van der Waals surface area contributed by atoms with Crippen molar-refractivity contribution in [3.05, 3.63) is 49.6 Å². The number of nitrogen functional groups attached to an aromatic ring is 2. The van der Waals surface area contributed by atoms with Crippen LogP contribution < -0.4 is 11.5 Å². The lowest BCUT2D eigenvalue weighted by atomic mass is 10.2. The van der Waals surface area contributed by atoms with Crippen LogP contribution in [0, 0.1) is 0 Å². The van der Waals surface area contributed by atoms with Crippen LogP contribution in [0.1, 0.15) is 24.9 Å². The number of allylic oxidation sites excluding steroid dienone is 2. The Morgan fingerprint density at radius 2 is 1.11 bits per heavy atom. The van der Waals surface area contributed by atoms with E-state index in [1.165, 1.54) is 25.3 Å². The van der Waals surface area contributed by atoms with Crippen LogP contribution >= 0.6 is 23.0 Å². The largest absolute Gasteiger partial charge is 0.486 e. The molecule has 0 saturated heterocycles. The minimum absolute atomic E-state index is 0.215. The molecule has 0 amide bonds. The van der Waals surface area contributed by atoms with Crippen molar-refractivity contribution in [3.8, 4) is 0 Å². The summed E-state index contributed by atoms with van der Waals surface area (Å²) < 4.78 is 60.4. The first-order valence-corrected chi connectivity index (χ1v) is 18.2. The van der Waals surface area contributed by atoms with Crippen molar-refractivity contribution in [1.29, 1.82) is 0 Å². The highest BCUT2D eigenvalue weighted by Gasteiger charge is 2.41. The topological polar surface area (TPSA) is 288 Å². The number of ether oxygens (including phenoxy) is 2. The Kier molecular flexibility index (Phi) is 8.47. The van der Waals surface area contributed by atoms with Crippen LogP contribution in [0.4, 0.5) is 11.6 Å². The Hall–Kier alpha value is -3.41. The average Bonchev–Trinajstić information content (AvgIpc) is 3.76. The number of hydrogen-bond acceptors (Lipinski definition) is 15. The number of imidazole rings is 2. The molecule has 0 bridgehead atoms. The van der Waals surface area contributed by atoms with Crippen LogP contribution in [0.5, 0.6) is 0 Å². The van der Waals surface area contributed by atoms with Gasteiger partial charge in [0.15, 0.2) is 22.9 Å². The Morgan fingerprint density at radius 3 is 1.53 bits per heavy atom. The van der Waals surface area contributed by atoms with Crippen LogP contribution in [0.25, 0.3) is 22.3 Å². The summed E-state index contributed by atoms with van der Waals surface area (Å²) in [6.45, 7) is 0. The lowest BCUT2D eigenvalue weighted by Gasteiger charge is -2.21. The van der Waals surface area contributed by atoms with E-state index in [1.807, 2.05) is 0 Å². The fourth-order valence-corrected chi connectivity index (χ4v) is 9.05. The van der Waals surface area contributed by atoms with Crippen molar-refractivity contribution >= 4 is 57.0 Å². The smallest absolute Gasteiger partial charge is 0.382 e. The Bertz CT molecular complexity index is 1810. The maximum absolute atomic E-state index is 12.5. The van der Waals surface area contributed by atoms with E-state index in [0.717, 1.165) is 0 Å². The zero-order valence-corrected chi connectivity index (χ0v) is 25.7. The molecule has 4 heterocycles. The zero-order valence-electron chi connectivity index (χ0n) is 23.0. The first-order chi connectivity index (χ1) is 21.3. The van der Waals surface area contributed by atoms with Crippen LogP contribution in [0.2, 0.25) is 0 Å². The van der Waals surface area contributed by atoms with Gasteiger partial charge in [0.25, 0.3) is 0 Å². The highest BCUT2D eigenvalue weighted by molar-refractivity contribution is 7.69. The predicted molar refractivity (Wildman–Crippen MR) is 156 cm³/mol.